The van der Waals surface area contributed by atoms with Crippen molar-refractivity contribution in [2.75, 3.05) is 13.2 Å². The smallest absolute Gasteiger partial charge is 0.335 e. The lowest BCUT2D eigenvalue weighted by Gasteiger charge is -2.48. The molecule has 11 N–H and O–H groups in total. The van der Waals surface area contributed by atoms with Crippen molar-refractivity contribution in [1.82, 2.24) is 5.32 Å². The Morgan fingerprint density at radius 2 is 1.24 bits per heavy atom. The second kappa shape index (κ2) is 12.7. The molecule has 0 aliphatic carbocycles. The molecule has 0 saturated carbocycles. The van der Waals surface area contributed by atoms with Gasteiger partial charge in [-0.1, -0.05) is 0 Å². The highest BCUT2D eigenvalue weighted by atomic mass is 16.7. The van der Waals surface area contributed by atoms with Gasteiger partial charge in [-0.25, -0.2) is 4.79 Å². The van der Waals surface area contributed by atoms with Crippen LogP contribution >= 0.6 is 0 Å². The lowest BCUT2D eigenvalue weighted by molar-refractivity contribution is -0.370. The van der Waals surface area contributed by atoms with Crippen LogP contribution in [-0.2, 0) is 33.3 Å². The molecule has 0 aromatic carbocycles. The number of carbonyl (C=O) groups is 2. The summed E-state index contributed by atoms with van der Waals surface area (Å²) in [4.78, 5) is 23.0. The van der Waals surface area contributed by atoms with Crippen molar-refractivity contribution in [2.45, 2.75) is 99.0 Å². The van der Waals surface area contributed by atoms with Crippen molar-refractivity contribution in [1.29, 1.82) is 0 Å². The minimum atomic E-state index is -2.06. The van der Waals surface area contributed by atoms with Crippen LogP contribution in [0.2, 0.25) is 0 Å². The third kappa shape index (κ3) is 6.24. The first-order chi connectivity index (χ1) is 17.8. The number of carbonyl (C=O) groups excluding carboxylic acids is 1. The summed E-state index contributed by atoms with van der Waals surface area (Å²) in [6.07, 6.45) is -25.8. The number of hydrogen-bond donors (Lipinski definition) is 11. The predicted octanol–water partition coefficient (Wildman–Crippen LogP) is -7.34. The molecule has 3 saturated heterocycles. The molecule has 1 amide bonds. The molecule has 38 heavy (non-hydrogen) atoms. The lowest BCUT2D eigenvalue weighted by Crippen LogP contribution is -2.68. The Morgan fingerprint density at radius 1 is 0.711 bits per heavy atom. The molecule has 3 aliphatic heterocycles. The van der Waals surface area contributed by atoms with Crippen LogP contribution in [0.25, 0.3) is 0 Å². The van der Waals surface area contributed by atoms with Gasteiger partial charge in [0.2, 0.25) is 5.91 Å². The predicted molar refractivity (Wildman–Crippen MR) is 113 cm³/mol. The van der Waals surface area contributed by atoms with Gasteiger partial charge in [0.25, 0.3) is 0 Å². The topological polar surface area (TPSA) is 295 Å². The number of carboxylic acids is 1. The summed E-state index contributed by atoms with van der Waals surface area (Å²) in [5, 5.41) is 103. The summed E-state index contributed by atoms with van der Waals surface area (Å²) < 4.78 is 26.4. The van der Waals surface area contributed by atoms with Crippen LogP contribution in [-0.4, -0.2) is 168 Å². The molecular weight excluding hydrogens is 526 g/mol. The average Bonchev–Trinajstić information content (AvgIpc) is 2.86. The van der Waals surface area contributed by atoms with E-state index in [0.717, 1.165) is 6.92 Å². The van der Waals surface area contributed by atoms with E-state index >= 15 is 0 Å². The molecule has 3 heterocycles. The van der Waals surface area contributed by atoms with E-state index in [1.165, 1.54) is 0 Å². The SMILES string of the molecule is CC(=O)N[C@@H]1[C@@H](O[C@@H]2O[C@H](CO)[C@H](O)[C@H](O[C@@H]3O[C@H](C(=O)O)[C@@H](O)[C@H](O)[C@H]3O)[C@H]2O)[C@@H](O)[C@@H](CO)O[C@@H]1O. The third-order valence-electron chi connectivity index (χ3n) is 6.46. The maximum Gasteiger partial charge on any atom is 0.335 e. The molecule has 3 rings (SSSR count). The van der Waals surface area contributed by atoms with Crippen LogP contribution in [0.3, 0.4) is 0 Å². The molecule has 3 fully saturated rings. The third-order valence-corrected chi connectivity index (χ3v) is 6.46. The van der Waals surface area contributed by atoms with Gasteiger partial charge in [-0.3, -0.25) is 4.79 Å². The fourth-order valence-corrected chi connectivity index (χ4v) is 4.44. The molecule has 0 bridgehead atoms. The average molecular weight is 559 g/mol. The zero-order chi connectivity index (χ0) is 28.5. The summed E-state index contributed by atoms with van der Waals surface area (Å²) in [6, 6.07) is -1.45. The fourth-order valence-electron chi connectivity index (χ4n) is 4.44. The molecule has 0 aromatic rings. The molecular formula is C20H33NO17. The number of amides is 1. The van der Waals surface area contributed by atoms with Gasteiger partial charge in [0, 0.05) is 6.92 Å². The van der Waals surface area contributed by atoms with Gasteiger partial charge in [-0.05, 0) is 0 Å². The fraction of sp³-hybridized carbons (Fsp3) is 0.900. The Bertz CT molecular complexity index is 818. The monoisotopic (exact) mass is 559 g/mol. The molecule has 3 aliphatic rings. The van der Waals surface area contributed by atoms with Gasteiger partial charge in [0.05, 0.1) is 13.2 Å². The van der Waals surface area contributed by atoms with Gasteiger partial charge >= 0.3 is 5.97 Å². The summed E-state index contributed by atoms with van der Waals surface area (Å²) in [5.41, 5.74) is 0. The Hall–Kier alpha value is -1.62. The first-order valence-corrected chi connectivity index (χ1v) is 11.6. The zero-order valence-corrected chi connectivity index (χ0v) is 19.9. The van der Waals surface area contributed by atoms with E-state index in [2.05, 4.69) is 5.32 Å². The van der Waals surface area contributed by atoms with E-state index in [-0.39, 0.29) is 0 Å². The molecule has 0 spiro atoms. The maximum absolute atomic E-state index is 11.6. The zero-order valence-electron chi connectivity index (χ0n) is 19.9. The number of aliphatic hydroxyl groups is 9. The molecule has 220 valence electrons. The maximum atomic E-state index is 11.6. The minimum absolute atomic E-state index is 0.673. The van der Waals surface area contributed by atoms with Crippen molar-refractivity contribution >= 4 is 11.9 Å². The molecule has 18 heteroatoms. The van der Waals surface area contributed by atoms with Crippen molar-refractivity contribution in [2.24, 2.45) is 0 Å². The van der Waals surface area contributed by atoms with Gasteiger partial charge < -0.3 is 80.1 Å². The van der Waals surface area contributed by atoms with Gasteiger partial charge in [0.1, 0.15) is 67.1 Å². The molecule has 0 radical (unpaired) electrons. The van der Waals surface area contributed by atoms with E-state index in [0.29, 0.717) is 0 Å². The Labute approximate surface area is 214 Å². The molecule has 15 atom stereocenters. The number of carboxylic acid groups (broad SMARTS) is 1. The minimum Gasteiger partial charge on any atom is -0.479 e. The van der Waals surface area contributed by atoms with Crippen molar-refractivity contribution in [3.63, 3.8) is 0 Å². The second-order valence-electron chi connectivity index (χ2n) is 9.11. The summed E-state index contributed by atoms with van der Waals surface area (Å²) in [5.74, 6) is -2.39. The van der Waals surface area contributed by atoms with Crippen LogP contribution in [0.15, 0.2) is 0 Å². The molecule has 0 aromatic heterocycles. The van der Waals surface area contributed by atoms with E-state index in [4.69, 9.17) is 23.7 Å². The summed E-state index contributed by atoms with van der Waals surface area (Å²) >= 11 is 0. The quantitative estimate of drug-likeness (QED) is 0.132. The van der Waals surface area contributed by atoms with E-state index in [9.17, 15) is 60.7 Å². The lowest BCUT2D eigenvalue weighted by atomic mass is 9.95. The van der Waals surface area contributed by atoms with Gasteiger partial charge in [0.15, 0.2) is 25.0 Å². The summed E-state index contributed by atoms with van der Waals surface area (Å²) in [6.45, 7) is -0.569. The van der Waals surface area contributed by atoms with E-state index in [1.54, 1.807) is 0 Å². The number of rotatable bonds is 8. The number of nitrogens with one attached hydrogen (secondary N) is 1. The normalized spacial score (nSPS) is 47.9. The van der Waals surface area contributed by atoms with E-state index in [1.807, 2.05) is 0 Å². The van der Waals surface area contributed by atoms with Gasteiger partial charge in [-0.15, -0.1) is 0 Å². The Morgan fingerprint density at radius 3 is 1.79 bits per heavy atom. The van der Waals surface area contributed by atoms with Crippen LogP contribution in [0.4, 0.5) is 0 Å². The van der Waals surface area contributed by atoms with Crippen LogP contribution < -0.4 is 5.32 Å². The number of aliphatic carboxylic acids is 1. The standard InChI is InChI=1S/C20H33NO17/c1-4(24)21-7-14(8(25)5(2-22)34-18(7)33)36-20-13(30)15(9(26)6(3-23)35-20)37-19-12(29)10(27)11(28)16(38-19)17(31)32/h5-16,18-20,22-23,25-30,33H,2-3H2,1H3,(H,21,24)(H,31,32)/t5-,6-,7-,8+,9+,10+,11+,12-,13-,14-,15+,16+,18+,19-,20+/m1/s1. The Kier molecular flexibility index (Phi) is 10.3. The first kappa shape index (κ1) is 30.9. The van der Waals surface area contributed by atoms with Gasteiger partial charge in [-0.2, -0.15) is 0 Å². The van der Waals surface area contributed by atoms with Crippen LogP contribution in [0, 0.1) is 0 Å². The number of ether oxygens (including phenoxy) is 5. The molecule has 18 nitrogen and oxygen atoms in total. The Balaban J connectivity index is 1.85. The second-order valence-corrected chi connectivity index (χ2v) is 9.11. The number of aliphatic hydroxyl groups excluding tert-OH is 9. The van der Waals surface area contributed by atoms with Crippen LogP contribution in [0.1, 0.15) is 6.92 Å². The highest BCUT2D eigenvalue weighted by Crippen LogP contribution is 2.32. The van der Waals surface area contributed by atoms with Crippen LogP contribution in [0.5, 0.6) is 0 Å². The van der Waals surface area contributed by atoms with E-state index < -0.39 is 117 Å². The highest BCUT2D eigenvalue weighted by molar-refractivity contribution is 5.73. The van der Waals surface area contributed by atoms with Crippen molar-refractivity contribution < 1.29 is 84.3 Å². The largest absolute Gasteiger partial charge is 0.479 e. The summed E-state index contributed by atoms with van der Waals surface area (Å²) in [7, 11) is 0. The number of hydrogen-bond acceptors (Lipinski definition) is 16. The van der Waals surface area contributed by atoms with Crippen molar-refractivity contribution in [3.8, 4) is 0 Å². The highest BCUT2D eigenvalue weighted by Gasteiger charge is 2.54. The van der Waals surface area contributed by atoms with Crippen molar-refractivity contribution in [3.05, 3.63) is 0 Å². The molecule has 0 unspecified atom stereocenters. The first-order valence-electron chi connectivity index (χ1n) is 11.6.